The van der Waals surface area contributed by atoms with E-state index in [1.165, 1.54) is 37.0 Å². The average Bonchev–Trinajstić information content (AvgIpc) is 2.94. The number of rotatable bonds is 10. The van der Waals surface area contributed by atoms with Crippen LogP contribution in [0.15, 0.2) is 72.8 Å². The number of hydrogen-bond donors (Lipinski definition) is 3. The Bertz CT molecular complexity index is 1290. The lowest BCUT2D eigenvalue weighted by atomic mass is 9.77. The van der Waals surface area contributed by atoms with Gasteiger partial charge in [0.05, 0.1) is 12.0 Å². The Labute approximate surface area is 231 Å². The number of nitrogens with one attached hydrogen (secondary N) is 1. The third kappa shape index (κ3) is 7.63. The summed E-state index contributed by atoms with van der Waals surface area (Å²) in [5, 5.41) is 11.4. The second-order valence-corrected chi connectivity index (χ2v) is 10.3. The normalized spacial score (nSPS) is 15.7. The zero-order valence-corrected chi connectivity index (χ0v) is 22.0. The van der Waals surface area contributed by atoms with Gasteiger partial charge >= 0.3 is 12.3 Å². The van der Waals surface area contributed by atoms with E-state index in [4.69, 9.17) is 10.8 Å². The Kier molecular flexibility index (Phi) is 9.14. The van der Waals surface area contributed by atoms with Crippen LogP contribution in [-0.2, 0) is 16.8 Å². The van der Waals surface area contributed by atoms with Gasteiger partial charge in [0.25, 0.3) is 5.91 Å². The number of carboxylic acid groups (broad SMARTS) is 1. The average molecular weight is 555 g/mol. The molecule has 6 nitrogen and oxygen atoms in total. The Morgan fingerprint density at radius 1 is 0.875 bits per heavy atom. The third-order valence-electron chi connectivity index (χ3n) is 7.43. The fourth-order valence-corrected chi connectivity index (χ4v) is 5.29. The molecule has 0 radical (unpaired) electrons. The summed E-state index contributed by atoms with van der Waals surface area (Å²) in [5.41, 5.74) is 9.95. The van der Waals surface area contributed by atoms with E-state index in [9.17, 15) is 22.8 Å². The predicted molar refractivity (Wildman–Crippen MR) is 145 cm³/mol. The highest BCUT2D eigenvalue weighted by Gasteiger charge is 2.32. The molecule has 1 fully saturated rings. The van der Waals surface area contributed by atoms with Gasteiger partial charge in [0, 0.05) is 12.1 Å². The van der Waals surface area contributed by atoms with Gasteiger partial charge in [0.2, 0.25) is 0 Å². The summed E-state index contributed by atoms with van der Waals surface area (Å²) in [6.07, 6.45) is 1.35. The fourth-order valence-electron chi connectivity index (χ4n) is 5.29. The molecule has 0 aromatic heterocycles. The molecule has 0 unspecified atom stereocenters. The number of carboxylic acids is 1. The summed E-state index contributed by atoms with van der Waals surface area (Å²) in [6, 6.07) is 20.6. The summed E-state index contributed by atoms with van der Waals surface area (Å²) in [4.78, 5) is 23.2. The van der Waals surface area contributed by atoms with E-state index in [1.807, 2.05) is 12.1 Å². The number of hydrogen-bond acceptors (Lipinski definition) is 4. The monoisotopic (exact) mass is 554 g/mol. The summed E-state index contributed by atoms with van der Waals surface area (Å²) >= 11 is 0. The highest BCUT2D eigenvalue weighted by molar-refractivity contribution is 5.94. The SMILES string of the molecule is N[C@@](Cc1ccc(OC(F)(F)F)cc1)(c1ccc(C(=O)NCCC(=O)O)cc1)c1ccc(C2CCCCC2)cc1. The van der Waals surface area contributed by atoms with Crippen LogP contribution in [0.1, 0.15) is 77.1 Å². The van der Waals surface area contributed by atoms with Gasteiger partial charge in [-0.05, 0) is 71.7 Å². The molecule has 0 saturated heterocycles. The minimum atomic E-state index is -4.78. The lowest BCUT2D eigenvalue weighted by molar-refractivity contribution is -0.274. The van der Waals surface area contributed by atoms with Crippen LogP contribution < -0.4 is 15.8 Å². The molecular weight excluding hydrogens is 521 g/mol. The molecule has 0 spiro atoms. The van der Waals surface area contributed by atoms with E-state index in [0.29, 0.717) is 17.0 Å². The van der Waals surface area contributed by atoms with Gasteiger partial charge in [-0.1, -0.05) is 67.8 Å². The molecule has 3 aromatic carbocycles. The quantitative estimate of drug-likeness (QED) is 0.274. The zero-order chi connectivity index (χ0) is 28.8. The molecule has 0 heterocycles. The Morgan fingerprint density at radius 2 is 1.45 bits per heavy atom. The Morgan fingerprint density at radius 3 is 2.00 bits per heavy atom. The highest BCUT2D eigenvalue weighted by atomic mass is 19.4. The van der Waals surface area contributed by atoms with Crippen LogP contribution >= 0.6 is 0 Å². The lowest BCUT2D eigenvalue weighted by Gasteiger charge is -2.32. The summed E-state index contributed by atoms with van der Waals surface area (Å²) in [7, 11) is 0. The topological polar surface area (TPSA) is 102 Å². The van der Waals surface area contributed by atoms with E-state index >= 15 is 0 Å². The molecule has 212 valence electrons. The van der Waals surface area contributed by atoms with Crippen molar-refractivity contribution in [1.82, 2.24) is 5.32 Å². The number of halogens is 3. The van der Waals surface area contributed by atoms with Gasteiger partial charge in [-0.25, -0.2) is 0 Å². The molecule has 1 atom stereocenters. The Balaban J connectivity index is 1.61. The molecule has 4 rings (SSSR count). The van der Waals surface area contributed by atoms with Crippen LogP contribution in [0.2, 0.25) is 0 Å². The van der Waals surface area contributed by atoms with Crippen LogP contribution in [0.4, 0.5) is 13.2 Å². The second kappa shape index (κ2) is 12.6. The van der Waals surface area contributed by atoms with Crippen molar-refractivity contribution in [3.8, 4) is 5.75 Å². The van der Waals surface area contributed by atoms with Crippen LogP contribution in [0.3, 0.4) is 0 Å². The first-order valence-electron chi connectivity index (χ1n) is 13.4. The molecule has 4 N–H and O–H groups in total. The van der Waals surface area contributed by atoms with Gasteiger partial charge in [-0.3, -0.25) is 9.59 Å². The molecular formula is C31H33F3N2O4. The molecule has 0 bridgehead atoms. The van der Waals surface area contributed by atoms with Crippen molar-refractivity contribution < 1.29 is 32.6 Å². The predicted octanol–water partition coefficient (Wildman–Crippen LogP) is 6.28. The van der Waals surface area contributed by atoms with Gasteiger partial charge in [0.15, 0.2) is 0 Å². The smallest absolute Gasteiger partial charge is 0.481 e. The number of amides is 1. The van der Waals surface area contributed by atoms with Crippen molar-refractivity contribution >= 4 is 11.9 Å². The van der Waals surface area contributed by atoms with Crippen molar-refractivity contribution in [2.75, 3.05) is 6.54 Å². The van der Waals surface area contributed by atoms with Crippen LogP contribution in [0, 0.1) is 0 Å². The number of benzene rings is 3. The van der Waals surface area contributed by atoms with E-state index < -0.39 is 23.8 Å². The van der Waals surface area contributed by atoms with Gasteiger partial charge in [-0.2, -0.15) is 0 Å². The number of ether oxygens (including phenoxy) is 1. The first kappa shape index (κ1) is 29.1. The standard InChI is InChI=1S/C31H33F3N2O4/c32-31(33,34)40-27-16-6-21(7-17-27)20-30(35,25-12-8-23(9-13-25)22-4-2-1-3-5-22)26-14-10-24(11-15-26)29(39)36-19-18-28(37)38/h6-17,22H,1-5,18-20,35H2,(H,36,39)(H,37,38)/t30-/m1/s1. The minimum absolute atomic E-state index is 0.0120. The molecule has 1 saturated carbocycles. The van der Waals surface area contributed by atoms with Gasteiger partial charge in [-0.15, -0.1) is 13.2 Å². The molecule has 9 heteroatoms. The van der Waals surface area contributed by atoms with Crippen LogP contribution in [0.25, 0.3) is 0 Å². The molecule has 40 heavy (non-hydrogen) atoms. The van der Waals surface area contributed by atoms with Gasteiger partial charge < -0.3 is 20.9 Å². The van der Waals surface area contributed by atoms with Crippen molar-refractivity contribution in [3.63, 3.8) is 0 Å². The number of alkyl halides is 3. The first-order valence-corrected chi connectivity index (χ1v) is 13.4. The number of carbonyl (C=O) groups is 2. The van der Waals surface area contributed by atoms with E-state index in [0.717, 1.165) is 24.0 Å². The first-order chi connectivity index (χ1) is 19.0. The number of carbonyl (C=O) groups excluding carboxylic acids is 1. The largest absolute Gasteiger partial charge is 0.573 e. The Hall–Kier alpha value is -3.85. The van der Waals surface area contributed by atoms with E-state index in [1.54, 1.807) is 36.4 Å². The number of aliphatic carboxylic acids is 1. The second-order valence-electron chi connectivity index (χ2n) is 10.3. The number of nitrogens with two attached hydrogens (primary N) is 1. The third-order valence-corrected chi connectivity index (χ3v) is 7.43. The van der Waals surface area contributed by atoms with Crippen molar-refractivity contribution in [2.45, 2.75) is 62.8 Å². The van der Waals surface area contributed by atoms with Crippen molar-refractivity contribution in [2.24, 2.45) is 5.73 Å². The highest BCUT2D eigenvalue weighted by Crippen LogP contribution is 2.36. The summed E-state index contributed by atoms with van der Waals surface area (Å²) in [5.74, 6) is -1.19. The maximum absolute atomic E-state index is 12.6. The molecule has 1 amide bonds. The molecule has 1 aliphatic rings. The zero-order valence-electron chi connectivity index (χ0n) is 22.0. The molecule has 1 aliphatic carbocycles. The summed E-state index contributed by atoms with van der Waals surface area (Å²) < 4.78 is 41.9. The van der Waals surface area contributed by atoms with E-state index in [2.05, 4.69) is 22.2 Å². The summed E-state index contributed by atoms with van der Waals surface area (Å²) in [6.45, 7) is 0.0120. The molecule has 3 aromatic rings. The van der Waals surface area contributed by atoms with Crippen LogP contribution in [0.5, 0.6) is 5.75 Å². The van der Waals surface area contributed by atoms with Crippen molar-refractivity contribution in [3.05, 3.63) is 101 Å². The van der Waals surface area contributed by atoms with E-state index in [-0.39, 0.29) is 25.1 Å². The molecule has 0 aliphatic heterocycles. The van der Waals surface area contributed by atoms with Crippen molar-refractivity contribution in [1.29, 1.82) is 0 Å². The van der Waals surface area contributed by atoms with Crippen LogP contribution in [-0.4, -0.2) is 29.9 Å². The maximum Gasteiger partial charge on any atom is 0.573 e. The maximum atomic E-state index is 12.6. The van der Waals surface area contributed by atoms with Gasteiger partial charge in [0.1, 0.15) is 5.75 Å². The minimum Gasteiger partial charge on any atom is -0.481 e. The fraction of sp³-hybridized carbons (Fsp3) is 0.355. The lowest BCUT2D eigenvalue weighted by Crippen LogP contribution is -2.40.